The molecule has 1 atom stereocenters. The van der Waals surface area contributed by atoms with Crippen molar-refractivity contribution < 1.29 is 23.8 Å². The van der Waals surface area contributed by atoms with Crippen molar-refractivity contribution in [3.63, 3.8) is 0 Å². The van der Waals surface area contributed by atoms with Gasteiger partial charge in [0.2, 0.25) is 5.91 Å². The van der Waals surface area contributed by atoms with Crippen LogP contribution in [0.2, 0.25) is 0 Å². The van der Waals surface area contributed by atoms with Crippen LogP contribution in [-0.4, -0.2) is 45.4 Å². The Hall–Kier alpha value is -2.82. The maximum absolute atomic E-state index is 12.2. The molecule has 0 aliphatic rings. The number of nitrogens with zero attached hydrogens (tertiary/aromatic N) is 1. The number of ether oxygens (including phenoxy) is 3. The van der Waals surface area contributed by atoms with E-state index < -0.39 is 11.9 Å². The average molecular weight is 525 g/mol. The van der Waals surface area contributed by atoms with Gasteiger partial charge >= 0.3 is 0 Å². The lowest BCUT2D eigenvalue weighted by Crippen LogP contribution is -2.43. The predicted molar refractivity (Wildman–Crippen MR) is 122 cm³/mol. The molecule has 0 fully saturated rings. The molecule has 0 aromatic heterocycles. The molecular weight excluding hydrogens is 501 g/mol. The van der Waals surface area contributed by atoms with Crippen molar-refractivity contribution in [3.8, 4) is 17.2 Å². The minimum Gasteiger partial charge on any atom is -0.497 e. The molecule has 8 nitrogen and oxygen atoms in total. The first-order chi connectivity index (χ1) is 14.4. The minimum atomic E-state index is -0.738. The number of carbonyl (C=O) groups is 2. The minimum absolute atomic E-state index is 0.162. The number of halogens is 1. The van der Waals surface area contributed by atoms with E-state index in [0.717, 1.165) is 14.7 Å². The summed E-state index contributed by atoms with van der Waals surface area (Å²) >= 11 is 2.13. The fourth-order valence-corrected chi connectivity index (χ4v) is 3.41. The first-order valence-corrected chi connectivity index (χ1v) is 10.1. The SMILES string of the molecule is COc1ccc(CC(=O)NC(C)C(=O)NN=Cc2cc(I)c(OC)c(OC)c2)cc1. The highest BCUT2D eigenvalue weighted by Gasteiger charge is 2.15. The molecule has 0 aliphatic carbocycles. The maximum atomic E-state index is 12.2. The third kappa shape index (κ3) is 6.61. The normalized spacial score (nSPS) is 11.6. The summed E-state index contributed by atoms with van der Waals surface area (Å²) in [7, 11) is 4.70. The Kier molecular flexibility index (Phi) is 8.90. The molecule has 0 aliphatic heterocycles. The predicted octanol–water partition coefficient (Wildman–Crippen LogP) is 2.51. The summed E-state index contributed by atoms with van der Waals surface area (Å²) in [6.07, 6.45) is 1.66. The summed E-state index contributed by atoms with van der Waals surface area (Å²) in [4.78, 5) is 24.4. The van der Waals surface area contributed by atoms with E-state index in [2.05, 4.69) is 38.4 Å². The van der Waals surface area contributed by atoms with Gasteiger partial charge in [-0.2, -0.15) is 5.10 Å². The van der Waals surface area contributed by atoms with Crippen LogP contribution in [0.25, 0.3) is 0 Å². The van der Waals surface area contributed by atoms with Crippen molar-refractivity contribution in [2.24, 2.45) is 5.10 Å². The second-order valence-electron chi connectivity index (χ2n) is 6.29. The van der Waals surface area contributed by atoms with Crippen LogP contribution in [0.4, 0.5) is 0 Å². The Bertz CT molecular complexity index is 916. The van der Waals surface area contributed by atoms with Crippen LogP contribution in [0.1, 0.15) is 18.1 Å². The van der Waals surface area contributed by atoms with Crippen molar-refractivity contribution in [2.45, 2.75) is 19.4 Å². The monoisotopic (exact) mass is 525 g/mol. The first kappa shape index (κ1) is 23.5. The highest BCUT2D eigenvalue weighted by Crippen LogP contribution is 2.32. The van der Waals surface area contributed by atoms with Gasteiger partial charge in [-0.1, -0.05) is 12.1 Å². The number of hydrazone groups is 1. The highest BCUT2D eigenvalue weighted by atomic mass is 127. The van der Waals surface area contributed by atoms with E-state index in [9.17, 15) is 9.59 Å². The lowest BCUT2D eigenvalue weighted by molar-refractivity contribution is -0.128. The number of amides is 2. The molecule has 0 saturated heterocycles. The summed E-state index contributed by atoms with van der Waals surface area (Å²) in [6.45, 7) is 1.59. The Morgan fingerprint density at radius 1 is 1.10 bits per heavy atom. The highest BCUT2D eigenvalue weighted by molar-refractivity contribution is 14.1. The van der Waals surface area contributed by atoms with Gasteiger partial charge in [-0.15, -0.1) is 0 Å². The Morgan fingerprint density at radius 2 is 1.80 bits per heavy atom. The molecule has 2 aromatic rings. The molecule has 2 N–H and O–H groups in total. The van der Waals surface area contributed by atoms with E-state index in [-0.39, 0.29) is 12.3 Å². The number of methoxy groups -OCH3 is 3. The summed E-state index contributed by atoms with van der Waals surface area (Å²) < 4.78 is 16.5. The van der Waals surface area contributed by atoms with Crippen LogP contribution in [-0.2, 0) is 16.0 Å². The molecule has 0 saturated carbocycles. The molecule has 30 heavy (non-hydrogen) atoms. The van der Waals surface area contributed by atoms with E-state index in [0.29, 0.717) is 17.2 Å². The third-order valence-corrected chi connectivity index (χ3v) is 4.94. The number of carbonyl (C=O) groups excluding carboxylic acids is 2. The second-order valence-corrected chi connectivity index (χ2v) is 7.45. The van der Waals surface area contributed by atoms with Gasteiger partial charge in [-0.3, -0.25) is 9.59 Å². The van der Waals surface area contributed by atoms with Crippen LogP contribution >= 0.6 is 22.6 Å². The lowest BCUT2D eigenvalue weighted by atomic mass is 10.1. The molecule has 0 bridgehead atoms. The van der Waals surface area contributed by atoms with E-state index in [1.54, 1.807) is 58.6 Å². The van der Waals surface area contributed by atoms with Gasteiger partial charge in [0.15, 0.2) is 11.5 Å². The lowest BCUT2D eigenvalue weighted by Gasteiger charge is -2.12. The van der Waals surface area contributed by atoms with Crippen LogP contribution in [0.15, 0.2) is 41.5 Å². The number of hydrogen-bond acceptors (Lipinski definition) is 6. The van der Waals surface area contributed by atoms with E-state index in [4.69, 9.17) is 14.2 Å². The van der Waals surface area contributed by atoms with Crippen molar-refractivity contribution in [1.29, 1.82) is 0 Å². The van der Waals surface area contributed by atoms with Gasteiger partial charge in [0, 0.05) is 0 Å². The Morgan fingerprint density at radius 3 is 2.40 bits per heavy atom. The number of hydrogen-bond donors (Lipinski definition) is 2. The number of rotatable bonds is 9. The van der Waals surface area contributed by atoms with Gasteiger partial charge in [-0.05, 0) is 64.9 Å². The van der Waals surface area contributed by atoms with Crippen molar-refractivity contribution in [1.82, 2.24) is 10.7 Å². The largest absolute Gasteiger partial charge is 0.497 e. The fourth-order valence-electron chi connectivity index (χ4n) is 2.57. The standard InChI is InChI=1S/C21H24IN3O5/c1-13(24-19(26)11-14-5-7-16(28-2)8-6-14)21(27)25-23-12-15-9-17(22)20(30-4)18(10-15)29-3/h5-10,12-13H,11H2,1-4H3,(H,24,26)(H,25,27). The molecular formula is C21H24IN3O5. The molecule has 9 heteroatoms. The van der Waals surface area contributed by atoms with Gasteiger partial charge in [-0.25, -0.2) is 5.43 Å². The average Bonchev–Trinajstić information content (AvgIpc) is 2.73. The van der Waals surface area contributed by atoms with E-state index in [1.165, 1.54) is 6.21 Å². The van der Waals surface area contributed by atoms with E-state index in [1.807, 2.05) is 6.07 Å². The van der Waals surface area contributed by atoms with Gasteiger partial charge in [0.1, 0.15) is 11.8 Å². The number of nitrogens with one attached hydrogen (secondary N) is 2. The summed E-state index contributed by atoms with van der Waals surface area (Å²) in [5, 5.41) is 6.61. The summed E-state index contributed by atoms with van der Waals surface area (Å²) in [5.74, 6) is 1.23. The zero-order chi connectivity index (χ0) is 22.1. The fraction of sp³-hybridized carbons (Fsp3) is 0.286. The maximum Gasteiger partial charge on any atom is 0.262 e. The van der Waals surface area contributed by atoms with E-state index >= 15 is 0 Å². The third-order valence-electron chi connectivity index (χ3n) is 4.14. The molecule has 2 rings (SSSR count). The zero-order valence-electron chi connectivity index (χ0n) is 17.2. The Balaban J connectivity index is 1.89. The molecule has 160 valence electrons. The molecule has 0 heterocycles. The van der Waals surface area contributed by atoms with Gasteiger partial charge in [0.25, 0.3) is 5.91 Å². The van der Waals surface area contributed by atoms with Gasteiger partial charge < -0.3 is 19.5 Å². The summed E-state index contributed by atoms with van der Waals surface area (Å²) in [6, 6.07) is 10.0. The van der Waals surface area contributed by atoms with Crippen LogP contribution in [0, 0.1) is 3.57 Å². The quantitative estimate of drug-likeness (QED) is 0.298. The molecule has 0 radical (unpaired) electrons. The van der Waals surface area contributed by atoms with Crippen LogP contribution in [0.3, 0.4) is 0 Å². The van der Waals surface area contributed by atoms with Crippen LogP contribution in [0.5, 0.6) is 17.2 Å². The molecule has 1 unspecified atom stereocenters. The first-order valence-electron chi connectivity index (χ1n) is 9.04. The summed E-state index contributed by atoms with van der Waals surface area (Å²) in [5.41, 5.74) is 3.98. The van der Waals surface area contributed by atoms with Crippen molar-refractivity contribution >= 4 is 40.6 Å². The second kappa shape index (κ2) is 11.4. The molecule has 0 spiro atoms. The van der Waals surface area contributed by atoms with Crippen LogP contribution < -0.4 is 25.0 Å². The van der Waals surface area contributed by atoms with Crippen molar-refractivity contribution in [2.75, 3.05) is 21.3 Å². The molecule has 2 aromatic carbocycles. The topological polar surface area (TPSA) is 98.2 Å². The zero-order valence-corrected chi connectivity index (χ0v) is 19.3. The van der Waals surface area contributed by atoms with Crippen molar-refractivity contribution in [3.05, 3.63) is 51.1 Å². The molecule has 2 amide bonds. The number of benzene rings is 2. The Labute approximate surface area is 189 Å². The van der Waals surface area contributed by atoms with Gasteiger partial charge in [0.05, 0.1) is 37.5 Å². The smallest absolute Gasteiger partial charge is 0.262 e.